The van der Waals surface area contributed by atoms with Gasteiger partial charge in [0.1, 0.15) is 0 Å². The van der Waals surface area contributed by atoms with Gasteiger partial charge in [-0.2, -0.15) is 11.3 Å². The van der Waals surface area contributed by atoms with E-state index in [2.05, 4.69) is 37.3 Å². The van der Waals surface area contributed by atoms with Gasteiger partial charge in [0.15, 0.2) is 0 Å². The van der Waals surface area contributed by atoms with Crippen molar-refractivity contribution in [2.75, 3.05) is 20.6 Å². The normalized spacial score (nSPS) is 13.8. The first-order chi connectivity index (χ1) is 10.6. The van der Waals surface area contributed by atoms with E-state index in [0.717, 1.165) is 0 Å². The van der Waals surface area contributed by atoms with Crippen molar-refractivity contribution in [3.05, 3.63) is 41.1 Å². The number of hydrogen-bond acceptors (Lipinski definition) is 4. The van der Waals surface area contributed by atoms with Gasteiger partial charge in [0.25, 0.3) is 0 Å². The Hall–Kier alpha value is -1.86. The van der Waals surface area contributed by atoms with Gasteiger partial charge < -0.3 is 20.1 Å². The minimum atomic E-state index is -0.144. The lowest BCUT2D eigenvalue weighted by Gasteiger charge is -2.24. The van der Waals surface area contributed by atoms with E-state index in [4.69, 9.17) is 0 Å². The van der Waals surface area contributed by atoms with E-state index in [1.807, 2.05) is 31.8 Å². The lowest BCUT2D eigenvalue weighted by atomic mass is 10.1. The van der Waals surface area contributed by atoms with E-state index in [1.165, 1.54) is 5.56 Å². The molecule has 2 N–H and O–H groups in total. The number of nitrogens with one attached hydrogen (secondary N) is 2. The first-order valence-corrected chi connectivity index (χ1v) is 8.19. The predicted molar refractivity (Wildman–Crippen MR) is 89.0 cm³/mol. The van der Waals surface area contributed by atoms with Crippen molar-refractivity contribution < 1.29 is 4.79 Å². The summed E-state index contributed by atoms with van der Waals surface area (Å²) in [5, 5.41) is 10.1. The van der Waals surface area contributed by atoms with Gasteiger partial charge >= 0.3 is 6.03 Å². The molecule has 7 heteroatoms. The molecule has 2 atom stereocenters. The average molecular weight is 321 g/mol. The smallest absolute Gasteiger partial charge is 0.315 e. The van der Waals surface area contributed by atoms with Gasteiger partial charge in [-0.15, -0.1) is 0 Å². The van der Waals surface area contributed by atoms with Crippen LogP contribution in [0.2, 0.25) is 0 Å². The molecule has 0 aliphatic rings. The van der Waals surface area contributed by atoms with Crippen molar-refractivity contribution in [1.29, 1.82) is 0 Å². The van der Waals surface area contributed by atoms with Gasteiger partial charge in [0, 0.05) is 31.5 Å². The number of carbonyl (C=O) groups excluding carboxylic acids is 1. The Morgan fingerprint density at radius 2 is 2.32 bits per heavy atom. The van der Waals surface area contributed by atoms with E-state index in [9.17, 15) is 4.79 Å². The standard InChI is InChI=1S/C15H23N5OS/c1-12(9-20-6-5-16-11-20)18-15(21)17-8-14(19(2)3)13-4-7-22-10-13/h4-7,10-12,14H,8-9H2,1-3H3,(H2,17,18,21)/t12-,14+/m1/s1. The van der Waals surface area contributed by atoms with Crippen LogP contribution in [0.4, 0.5) is 4.79 Å². The molecular weight excluding hydrogens is 298 g/mol. The summed E-state index contributed by atoms with van der Waals surface area (Å²) in [5.41, 5.74) is 1.22. The highest BCUT2D eigenvalue weighted by Gasteiger charge is 2.16. The second-order valence-corrected chi connectivity index (χ2v) is 6.33. The van der Waals surface area contributed by atoms with Gasteiger partial charge in [-0.25, -0.2) is 9.78 Å². The Labute approximate surface area is 135 Å². The van der Waals surface area contributed by atoms with Gasteiger partial charge in [0.2, 0.25) is 0 Å². The molecule has 2 aromatic rings. The molecule has 6 nitrogen and oxygen atoms in total. The Kier molecular flexibility index (Phi) is 5.97. The Morgan fingerprint density at radius 1 is 1.50 bits per heavy atom. The molecule has 0 bridgehead atoms. The molecule has 0 aliphatic carbocycles. The summed E-state index contributed by atoms with van der Waals surface area (Å²) in [7, 11) is 4.03. The second-order valence-electron chi connectivity index (χ2n) is 5.55. The summed E-state index contributed by atoms with van der Waals surface area (Å²) in [5.74, 6) is 0. The van der Waals surface area contributed by atoms with Crippen LogP contribution in [0.25, 0.3) is 0 Å². The Morgan fingerprint density at radius 3 is 2.91 bits per heavy atom. The van der Waals surface area contributed by atoms with E-state index < -0.39 is 0 Å². The summed E-state index contributed by atoms with van der Waals surface area (Å²) in [6.07, 6.45) is 5.36. The summed E-state index contributed by atoms with van der Waals surface area (Å²) < 4.78 is 1.94. The number of imidazole rings is 1. The molecule has 2 aromatic heterocycles. The molecule has 0 aromatic carbocycles. The maximum atomic E-state index is 12.0. The largest absolute Gasteiger partial charge is 0.336 e. The van der Waals surface area contributed by atoms with Gasteiger partial charge in [-0.1, -0.05) is 0 Å². The number of aromatic nitrogens is 2. The minimum absolute atomic E-state index is 0.0353. The molecule has 2 rings (SSSR count). The zero-order valence-corrected chi connectivity index (χ0v) is 14.0. The lowest BCUT2D eigenvalue weighted by Crippen LogP contribution is -2.45. The van der Waals surface area contributed by atoms with Crippen molar-refractivity contribution in [3.8, 4) is 0 Å². The van der Waals surface area contributed by atoms with Crippen molar-refractivity contribution in [2.45, 2.75) is 25.6 Å². The molecule has 2 heterocycles. The van der Waals surface area contributed by atoms with Crippen molar-refractivity contribution in [1.82, 2.24) is 25.1 Å². The van der Waals surface area contributed by atoms with E-state index in [1.54, 1.807) is 23.9 Å². The average Bonchev–Trinajstić information content (AvgIpc) is 3.11. The Bertz CT molecular complexity index is 553. The number of amides is 2. The highest BCUT2D eigenvalue weighted by atomic mass is 32.1. The Balaban J connectivity index is 1.78. The highest BCUT2D eigenvalue weighted by Crippen LogP contribution is 2.19. The maximum Gasteiger partial charge on any atom is 0.315 e. The number of thiophene rings is 1. The highest BCUT2D eigenvalue weighted by molar-refractivity contribution is 7.07. The van der Waals surface area contributed by atoms with Crippen LogP contribution >= 0.6 is 11.3 Å². The first-order valence-electron chi connectivity index (χ1n) is 7.25. The third-order valence-electron chi connectivity index (χ3n) is 3.43. The number of nitrogens with zero attached hydrogens (tertiary/aromatic N) is 3. The summed E-state index contributed by atoms with van der Waals surface area (Å²) in [6.45, 7) is 3.25. The second kappa shape index (κ2) is 7.95. The van der Waals surface area contributed by atoms with Gasteiger partial charge in [0.05, 0.1) is 12.4 Å². The molecule has 0 radical (unpaired) electrons. The first kappa shape index (κ1) is 16.5. The molecule has 0 saturated heterocycles. The molecule has 0 saturated carbocycles. The maximum absolute atomic E-state index is 12.0. The molecular formula is C15H23N5OS. The van der Waals surface area contributed by atoms with Crippen LogP contribution in [0.5, 0.6) is 0 Å². The van der Waals surface area contributed by atoms with Gasteiger partial charge in [-0.05, 0) is 43.4 Å². The van der Waals surface area contributed by atoms with Crippen LogP contribution in [-0.2, 0) is 6.54 Å². The molecule has 0 unspecified atom stereocenters. The van der Waals surface area contributed by atoms with Gasteiger partial charge in [-0.3, -0.25) is 0 Å². The van der Waals surface area contributed by atoms with Crippen molar-refractivity contribution >= 4 is 17.4 Å². The van der Waals surface area contributed by atoms with Crippen molar-refractivity contribution in [2.24, 2.45) is 0 Å². The van der Waals surface area contributed by atoms with E-state index in [-0.39, 0.29) is 18.1 Å². The number of rotatable bonds is 7. The van der Waals surface area contributed by atoms with Crippen molar-refractivity contribution in [3.63, 3.8) is 0 Å². The topological polar surface area (TPSA) is 62.2 Å². The molecule has 0 spiro atoms. The third kappa shape index (κ3) is 4.85. The number of carbonyl (C=O) groups is 1. The minimum Gasteiger partial charge on any atom is -0.336 e. The fourth-order valence-electron chi connectivity index (χ4n) is 2.28. The zero-order valence-electron chi connectivity index (χ0n) is 13.2. The monoisotopic (exact) mass is 321 g/mol. The summed E-state index contributed by atoms with van der Waals surface area (Å²) in [4.78, 5) is 18.1. The molecule has 120 valence electrons. The zero-order chi connectivity index (χ0) is 15.9. The fraction of sp³-hybridized carbons (Fsp3) is 0.467. The quantitative estimate of drug-likeness (QED) is 0.819. The van der Waals surface area contributed by atoms with Crippen LogP contribution < -0.4 is 10.6 Å². The lowest BCUT2D eigenvalue weighted by molar-refractivity contribution is 0.229. The summed E-state index contributed by atoms with van der Waals surface area (Å²) in [6, 6.07) is 2.17. The van der Waals surface area contributed by atoms with Crippen LogP contribution in [-0.4, -0.2) is 47.2 Å². The van der Waals surface area contributed by atoms with Crippen LogP contribution in [0.3, 0.4) is 0 Å². The number of urea groups is 1. The third-order valence-corrected chi connectivity index (χ3v) is 4.13. The molecule has 22 heavy (non-hydrogen) atoms. The van der Waals surface area contributed by atoms with E-state index in [0.29, 0.717) is 13.1 Å². The molecule has 0 fully saturated rings. The fourth-order valence-corrected chi connectivity index (χ4v) is 2.99. The van der Waals surface area contributed by atoms with Crippen LogP contribution in [0.1, 0.15) is 18.5 Å². The van der Waals surface area contributed by atoms with Crippen LogP contribution in [0.15, 0.2) is 35.5 Å². The van der Waals surface area contributed by atoms with E-state index >= 15 is 0 Å². The summed E-state index contributed by atoms with van der Waals surface area (Å²) >= 11 is 1.67. The predicted octanol–water partition coefficient (Wildman–Crippen LogP) is 1.94. The molecule has 0 aliphatic heterocycles. The SMILES string of the molecule is C[C@H](Cn1ccnc1)NC(=O)NC[C@@H](c1ccsc1)N(C)C. The molecule has 2 amide bonds. The van der Waals surface area contributed by atoms with Crippen LogP contribution in [0, 0.1) is 0 Å². The number of hydrogen-bond donors (Lipinski definition) is 2. The number of likely N-dealkylation sites (N-methyl/N-ethyl adjacent to an activating group) is 1.